The molecule has 0 atom stereocenters. The van der Waals surface area contributed by atoms with Gasteiger partial charge in [-0.3, -0.25) is 0 Å². The molecular formula is C32H26N4O2. The molecule has 6 aromatic rings. The van der Waals surface area contributed by atoms with Gasteiger partial charge in [-0.25, -0.2) is 19.9 Å². The highest BCUT2D eigenvalue weighted by Crippen LogP contribution is 2.31. The van der Waals surface area contributed by atoms with Gasteiger partial charge >= 0.3 is 0 Å². The van der Waals surface area contributed by atoms with E-state index in [2.05, 4.69) is 30.3 Å². The number of hydrogen-bond donors (Lipinski definition) is 1. The highest BCUT2D eigenvalue weighted by atomic mass is 16.5. The van der Waals surface area contributed by atoms with Crippen LogP contribution in [0.2, 0.25) is 0 Å². The number of aliphatic hydroxyl groups excluding tert-OH is 1. The molecule has 0 aliphatic carbocycles. The number of benzene rings is 4. The van der Waals surface area contributed by atoms with Gasteiger partial charge in [0.15, 0.2) is 11.6 Å². The molecule has 1 N–H and O–H groups in total. The van der Waals surface area contributed by atoms with Crippen LogP contribution in [0.25, 0.3) is 55.7 Å². The second kappa shape index (κ2) is 9.65. The zero-order chi connectivity index (χ0) is 26.2. The molecule has 6 nitrogen and oxygen atoms in total. The first-order chi connectivity index (χ1) is 18.5. The van der Waals surface area contributed by atoms with Gasteiger partial charge in [-0.15, -0.1) is 0 Å². The van der Waals surface area contributed by atoms with Crippen LogP contribution in [0.15, 0.2) is 84.9 Å². The van der Waals surface area contributed by atoms with Crippen LogP contribution >= 0.6 is 0 Å². The quantitative estimate of drug-likeness (QED) is 0.285. The Kier molecular flexibility index (Phi) is 6.02. The Morgan fingerprint density at radius 2 is 1.03 bits per heavy atom. The van der Waals surface area contributed by atoms with Crippen LogP contribution in [-0.2, 0) is 6.61 Å². The van der Waals surface area contributed by atoms with Gasteiger partial charge in [0.05, 0.1) is 24.8 Å². The normalized spacial score (nSPS) is 11.3. The Labute approximate surface area is 220 Å². The minimum atomic E-state index is 0.0188. The number of hydrogen-bond acceptors (Lipinski definition) is 6. The van der Waals surface area contributed by atoms with Crippen LogP contribution in [0.1, 0.15) is 17.0 Å². The molecule has 186 valence electrons. The molecule has 0 bridgehead atoms. The number of aromatic nitrogens is 4. The van der Waals surface area contributed by atoms with Crippen LogP contribution in [0.4, 0.5) is 0 Å². The van der Waals surface area contributed by atoms with Crippen molar-refractivity contribution in [2.75, 3.05) is 7.11 Å². The summed E-state index contributed by atoms with van der Waals surface area (Å²) < 4.78 is 5.27. The van der Waals surface area contributed by atoms with E-state index >= 15 is 0 Å². The van der Waals surface area contributed by atoms with Gasteiger partial charge in [0, 0.05) is 33.3 Å². The SMILES string of the molecule is COc1ccc(-c2nc(C)c3cc(-c4ccc5nc(-c6ccc(CO)cc6)nc(C)c5c4)ccc3n2)cc1. The predicted octanol–water partition coefficient (Wildman–Crippen LogP) is 6.69. The van der Waals surface area contributed by atoms with E-state index in [1.54, 1.807) is 7.11 Å². The summed E-state index contributed by atoms with van der Waals surface area (Å²) >= 11 is 0. The van der Waals surface area contributed by atoms with Gasteiger partial charge in [0.25, 0.3) is 0 Å². The second-order valence-corrected chi connectivity index (χ2v) is 9.31. The molecule has 2 heterocycles. The topological polar surface area (TPSA) is 81.0 Å². The van der Waals surface area contributed by atoms with Crippen molar-refractivity contribution in [3.05, 3.63) is 102 Å². The van der Waals surface area contributed by atoms with Gasteiger partial charge < -0.3 is 9.84 Å². The number of aliphatic hydroxyl groups is 1. The molecule has 0 unspecified atom stereocenters. The lowest BCUT2D eigenvalue weighted by atomic mass is 10.00. The minimum absolute atomic E-state index is 0.0188. The van der Waals surface area contributed by atoms with Gasteiger partial charge in [0.1, 0.15) is 5.75 Å². The average molecular weight is 499 g/mol. The maximum atomic E-state index is 9.31. The average Bonchev–Trinajstić information content (AvgIpc) is 2.97. The molecule has 4 aromatic carbocycles. The van der Waals surface area contributed by atoms with E-state index in [1.807, 2.05) is 68.4 Å². The van der Waals surface area contributed by atoms with Crippen molar-refractivity contribution in [1.29, 1.82) is 0 Å². The molecule has 38 heavy (non-hydrogen) atoms. The third-order valence-electron chi connectivity index (χ3n) is 6.85. The van der Waals surface area contributed by atoms with E-state index in [0.717, 1.165) is 66.8 Å². The third-order valence-corrected chi connectivity index (χ3v) is 6.85. The first-order valence-corrected chi connectivity index (χ1v) is 12.4. The van der Waals surface area contributed by atoms with Crippen LogP contribution < -0.4 is 4.74 Å². The van der Waals surface area contributed by atoms with E-state index in [4.69, 9.17) is 24.7 Å². The number of nitrogens with zero attached hydrogens (tertiary/aromatic N) is 4. The summed E-state index contributed by atoms with van der Waals surface area (Å²) in [5.74, 6) is 2.18. The highest BCUT2D eigenvalue weighted by Gasteiger charge is 2.12. The number of aryl methyl sites for hydroxylation is 2. The Balaban J connectivity index is 1.36. The van der Waals surface area contributed by atoms with E-state index in [1.165, 1.54) is 0 Å². The molecule has 0 aliphatic heterocycles. The summed E-state index contributed by atoms with van der Waals surface area (Å²) in [6.07, 6.45) is 0. The first-order valence-electron chi connectivity index (χ1n) is 12.4. The fourth-order valence-corrected chi connectivity index (χ4v) is 4.68. The number of fused-ring (bicyclic) bond motifs is 2. The molecule has 0 saturated heterocycles. The van der Waals surface area contributed by atoms with Crippen LogP contribution in [0.3, 0.4) is 0 Å². The van der Waals surface area contributed by atoms with Crippen molar-refractivity contribution in [3.8, 4) is 39.7 Å². The van der Waals surface area contributed by atoms with Gasteiger partial charge in [-0.1, -0.05) is 36.4 Å². The second-order valence-electron chi connectivity index (χ2n) is 9.31. The zero-order valence-electron chi connectivity index (χ0n) is 21.4. The Morgan fingerprint density at radius 3 is 1.47 bits per heavy atom. The Hall–Kier alpha value is -4.68. The summed E-state index contributed by atoms with van der Waals surface area (Å²) in [4.78, 5) is 19.2. The maximum Gasteiger partial charge on any atom is 0.160 e. The van der Waals surface area contributed by atoms with Crippen molar-refractivity contribution in [1.82, 2.24) is 19.9 Å². The predicted molar refractivity (Wildman–Crippen MR) is 151 cm³/mol. The lowest BCUT2D eigenvalue weighted by Gasteiger charge is -2.11. The maximum absolute atomic E-state index is 9.31. The number of ether oxygens (including phenoxy) is 1. The fraction of sp³-hybridized carbons (Fsp3) is 0.125. The molecule has 2 aromatic heterocycles. The van der Waals surface area contributed by atoms with Gasteiger partial charge in [-0.2, -0.15) is 0 Å². The van der Waals surface area contributed by atoms with Crippen LogP contribution in [-0.4, -0.2) is 32.2 Å². The van der Waals surface area contributed by atoms with Gasteiger partial charge in [-0.05, 0) is 79.1 Å². The molecule has 0 fully saturated rings. The standard InChI is InChI=1S/C32H26N4O2/c1-19-27-16-24(10-14-29(27)35-31(33-19)22-6-4-21(18-37)5-7-22)25-11-15-30-28(17-25)20(2)34-32(36-30)23-8-12-26(38-3)13-9-23/h4-17,37H,18H2,1-3H3. The molecular weight excluding hydrogens is 472 g/mol. The van der Waals surface area contributed by atoms with Crippen molar-refractivity contribution >= 4 is 21.8 Å². The van der Waals surface area contributed by atoms with E-state index in [0.29, 0.717) is 11.6 Å². The molecule has 0 saturated carbocycles. The molecule has 0 radical (unpaired) electrons. The first kappa shape index (κ1) is 23.7. The van der Waals surface area contributed by atoms with Crippen molar-refractivity contribution in [2.45, 2.75) is 20.5 Å². The van der Waals surface area contributed by atoms with E-state index in [-0.39, 0.29) is 6.61 Å². The van der Waals surface area contributed by atoms with Crippen LogP contribution in [0.5, 0.6) is 5.75 Å². The van der Waals surface area contributed by atoms with E-state index < -0.39 is 0 Å². The molecule has 0 amide bonds. The van der Waals surface area contributed by atoms with Crippen molar-refractivity contribution in [2.24, 2.45) is 0 Å². The molecule has 6 rings (SSSR count). The summed E-state index contributed by atoms with van der Waals surface area (Å²) in [7, 11) is 1.66. The smallest absolute Gasteiger partial charge is 0.160 e. The van der Waals surface area contributed by atoms with Gasteiger partial charge in [0.2, 0.25) is 0 Å². The Bertz CT molecular complexity index is 1660. The Morgan fingerprint density at radius 1 is 0.579 bits per heavy atom. The highest BCUT2D eigenvalue weighted by molar-refractivity contribution is 5.91. The summed E-state index contributed by atoms with van der Waals surface area (Å²) in [5, 5.41) is 11.3. The number of rotatable bonds is 5. The van der Waals surface area contributed by atoms with E-state index in [9.17, 15) is 5.11 Å². The molecule has 6 heteroatoms. The summed E-state index contributed by atoms with van der Waals surface area (Å²) in [6.45, 7) is 4.05. The number of methoxy groups -OCH3 is 1. The van der Waals surface area contributed by atoms with Crippen molar-refractivity contribution < 1.29 is 9.84 Å². The lowest BCUT2D eigenvalue weighted by Crippen LogP contribution is -1.96. The fourth-order valence-electron chi connectivity index (χ4n) is 4.68. The molecule has 0 spiro atoms. The zero-order valence-corrected chi connectivity index (χ0v) is 21.4. The monoisotopic (exact) mass is 498 g/mol. The van der Waals surface area contributed by atoms with Crippen molar-refractivity contribution in [3.63, 3.8) is 0 Å². The molecule has 0 aliphatic rings. The minimum Gasteiger partial charge on any atom is -0.497 e. The lowest BCUT2D eigenvalue weighted by molar-refractivity contribution is 0.282. The van der Waals surface area contributed by atoms with Crippen LogP contribution in [0, 0.1) is 13.8 Å². The third kappa shape index (κ3) is 4.35. The summed E-state index contributed by atoms with van der Waals surface area (Å²) in [6, 6.07) is 28.1. The largest absolute Gasteiger partial charge is 0.497 e. The summed E-state index contributed by atoms with van der Waals surface area (Å²) in [5.41, 5.74) is 8.57.